The van der Waals surface area contributed by atoms with Gasteiger partial charge in [-0.1, -0.05) is 24.3 Å². The maximum absolute atomic E-state index is 12.5. The van der Waals surface area contributed by atoms with Crippen molar-refractivity contribution >= 4 is 33.9 Å². The second kappa shape index (κ2) is 5.77. The molecule has 0 saturated heterocycles. The molecule has 1 amide bonds. The minimum Gasteiger partial charge on any atom is -0.358 e. The van der Waals surface area contributed by atoms with Crippen LogP contribution in [-0.4, -0.2) is 16.7 Å². The van der Waals surface area contributed by atoms with Crippen molar-refractivity contribution in [3.05, 3.63) is 57.9 Å². The van der Waals surface area contributed by atoms with Gasteiger partial charge in [0.1, 0.15) is 0 Å². The Balaban J connectivity index is 1.86. The zero-order valence-electron chi connectivity index (χ0n) is 12.3. The first-order valence-corrected chi connectivity index (χ1v) is 7.92. The Hall–Kier alpha value is -2.40. The summed E-state index contributed by atoms with van der Waals surface area (Å²) in [5, 5.41) is 5.50. The van der Waals surface area contributed by atoms with E-state index in [0.29, 0.717) is 11.3 Å². The summed E-state index contributed by atoms with van der Waals surface area (Å²) < 4.78 is 0. The van der Waals surface area contributed by atoms with Crippen LogP contribution in [0.5, 0.6) is 0 Å². The minimum absolute atomic E-state index is 0.179. The molecular formula is C17H16N2O2S. The minimum atomic E-state index is -0.575. The van der Waals surface area contributed by atoms with Gasteiger partial charge in [0, 0.05) is 21.5 Å². The van der Waals surface area contributed by atoms with Gasteiger partial charge in [-0.05, 0) is 31.4 Å². The lowest BCUT2D eigenvalue weighted by molar-refractivity contribution is -0.117. The zero-order valence-corrected chi connectivity index (χ0v) is 13.2. The highest BCUT2D eigenvalue weighted by atomic mass is 32.1. The van der Waals surface area contributed by atoms with Gasteiger partial charge in [-0.2, -0.15) is 0 Å². The lowest BCUT2D eigenvalue weighted by atomic mass is 10.1. The number of ketones is 1. The summed E-state index contributed by atoms with van der Waals surface area (Å²) in [6.45, 7) is 3.68. The summed E-state index contributed by atoms with van der Waals surface area (Å²) in [7, 11) is 0. The first-order chi connectivity index (χ1) is 10.6. The standard InChI is InChI=1S/C17H16N2O2S/c1-10(14-8-5-9-22-14)19-17(21)16(20)15-11(2)18-13-7-4-3-6-12(13)15/h3-10,18H,1-2H3,(H,19,21)/t10-/m0/s1. The number of aryl methyl sites for hydroxylation is 1. The highest BCUT2D eigenvalue weighted by Gasteiger charge is 2.24. The molecule has 5 heteroatoms. The molecule has 0 unspecified atom stereocenters. The fourth-order valence-corrected chi connectivity index (χ4v) is 3.29. The van der Waals surface area contributed by atoms with E-state index in [1.165, 1.54) is 0 Å². The van der Waals surface area contributed by atoms with Crippen LogP contribution in [0.4, 0.5) is 0 Å². The number of carbonyl (C=O) groups excluding carboxylic acids is 2. The van der Waals surface area contributed by atoms with Crippen molar-refractivity contribution in [3.8, 4) is 0 Å². The van der Waals surface area contributed by atoms with Crippen molar-refractivity contribution in [2.24, 2.45) is 0 Å². The Labute approximate surface area is 132 Å². The molecule has 3 rings (SSSR count). The number of Topliss-reactive ketones (excluding diaryl/α,β-unsaturated/α-hetero) is 1. The van der Waals surface area contributed by atoms with E-state index in [0.717, 1.165) is 15.8 Å². The number of rotatable bonds is 4. The number of benzene rings is 1. The first-order valence-electron chi connectivity index (χ1n) is 7.04. The number of nitrogens with one attached hydrogen (secondary N) is 2. The third-order valence-corrected chi connectivity index (χ3v) is 4.70. The first kappa shape index (κ1) is 14.5. The summed E-state index contributed by atoms with van der Waals surface area (Å²) in [6, 6.07) is 11.2. The largest absolute Gasteiger partial charge is 0.358 e. The highest BCUT2D eigenvalue weighted by Crippen LogP contribution is 2.23. The van der Waals surface area contributed by atoms with E-state index in [9.17, 15) is 9.59 Å². The van der Waals surface area contributed by atoms with Crippen molar-refractivity contribution in [1.82, 2.24) is 10.3 Å². The van der Waals surface area contributed by atoms with Crippen molar-refractivity contribution in [1.29, 1.82) is 0 Å². The van der Waals surface area contributed by atoms with Gasteiger partial charge in [-0.3, -0.25) is 9.59 Å². The Morgan fingerprint density at radius 3 is 2.68 bits per heavy atom. The van der Waals surface area contributed by atoms with Crippen LogP contribution in [0, 0.1) is 6.92 Å². The average molecular weight is 312 g/mol. The van der Waals surface area contributed by atoms with E-state index in [4.69, 9.17) is 0 Å². The van der Waals surface area contributed by atoms with Crippen molar-refractivity contribution in [2.45, 2.75) is 19.9 Å². The topological polar surface area (TPSA) is 62.0 Å². The van der Waals surface area contributed by atoms with Gasteiger partial charge in [-0.25, -0.2) is 0 Å². The molecule has 0 saturated carbocycles. The highest BCUT2D eigenvalue weighted by molar-refractivity contribution is 7.10. The Morgan fingerprint density at radius 1 is 1.18 bits per heavy atom. The second-order valence-corrected chi connectivity index (χ2v) is 6.19. The number of carbonyl (C=O) groups is 2. The second-order valence-electron chi connectivity index (χ2n) is 5.21. The monoisotopic (exact) mass is 312 g/mol. The quantitative estimate of drug-likeness (QED) is 0.571. The van der Waals surface area contributed by atoms with Gasteiger partial charge >= 0.3 is 0 Å². The van der Waals surface area contributed by atoms with E-state index in [1.807, 2.05) is 55.6 Å². The number of amides is 1. The number of hydrogen-bond donors (Lipinski definition) is 2. The van der Waals surface area contributed by atoms with Crippen LogP contribution >= 0.6 is 11.3 Å². The van der Waals surface area contributed by atoms with Gasteiger partial charge in [0.15, 0.2) is 0 Å². The number of fused-ring (bicyclic) bond motifs is 1. The van der Waals surface area contributed by atoms with E-state index in [2.05, 4.69) is 10.3 Å². The van der Waals surface area contributed by atoms with Crippen LogP contribution < -0.4 is 5.32 Å². The van der Waals surface area contributed by atoms with E-state index < -0.39 is 11.7 Å². The Bertz CT molecular complexity index is 834. The molecule has 0 aliphatic rings. The van der Waals surface area contributed by atoms with Crippen LogP contribution in [-0.2, 0) is 4.79 Å². The molecule has 0 spiro atoms. The predicted molar refractivity (Wildman–Crippen MR) is 88.2 cm³/mol. The number of thiophene rings is 1. The number of aromatic nitrogens is 1. The van der Waals surface area contributed by atoms with Crippen molar-refractivity contribution in [3.63, 3.8) is 0 Å². The van der Waals surface area contributed by atoms with Crippen molar-refractivity contribution in [2.75, 3.05) is 0 Å². The molecule has 2 heterocycles. The maximum Gasteiger partial charge on any atom is 0.292 e. The summed E-state index contributed by atoms with van der Waals surface area (Å²) >= 11 is 1.56. The third-order valence-electron chi connectivity index (χ3n) is 3.64. The molecule has 0 aliphatic carbocycles. The van der Waals surface area contributed by atoms with Crippen LogP contribution in [0.2, 0.25) is 0 Å². The van der Waals surface area contributed by atoms with Gasteiger partial charge < -0.3 is 10.3 Å². The van der Waals surface area contributed by atoms with Crippen molar-refractivity contribution < 1.29 is 9.59 Å². The van der Waals surface area contributed by atoms with Crippen LogP contribution in [0.25, 0.3) is 10.9 Å². The molecule has 2 N–H and O–H groups in total. The molecule has 22 heavy (non-hydrogen) atoms. The molecule has 1 aromatic carbocycles. The van der Waals surface area contributed by atoms with Gasteiger partial charge in [0.05, 0.1) is 11.6 Å². The van der Waals surface area contributed by atoms with Gasteiger partial charge in [-0.15, -0.1) is 11.3 Å². The smallest absolute Gasteiger partial charge is 0.292 e. The lowest BCUT2D eigenvalue weighted by Gasteiger charge is -2.11. The number of hydrogen-bond acceptors (Lipinski definition) is 3. The molecule has 0 aliphatic heterocycles. The van der Waals surface area contributed by atoms with Gasteiger partial charge in [0.25, 0.3) is 11.7 Å². The van der Waals surface area contributed by atoms with Crippen LogP contribution in [0.1, 0.15) is 33.9 Å². The molecular weight excluding hydrogens is 296 g/mol. The molecule has 2 aromatic heterocycles. The fourth-order valence-electron chi connectivity index (χ4n) is 2.55. The molecule has 3 aromatic rings. The Morgan fingerprint density at radius 2 is 1.95 bits per heavy atom. The van der Waals surface area contributed by atoms with E-state index in [-0.39, 0.29) is 6.04 Å². The van der Waals surface area contributed by atoms with Gasteiger partial charge in [0.2, 0.25) is 0 Å². The number of H-pyrrole nitrogens is 1. The summed E-state index contributed by atoms with van der Waals surface area (Å²) in [5.74, 6) is -1.08. The summed E-state index contributed by atoms with van der Waals surface area (Å²) in [6.07, 6.45) is 0. The normalized spacial score (nSPS) is 12.3. The zero-order chi connectivity index (χ0) is 15.7. The van der Waals surface area contributed by atoms with E-state index in [1.54, 1.807) is 11.3 Å². The Kier molecular flexibility index (Phi) is 3.81. The molecule has 1 atom stereocenters. The molecule has 0 radical (unpaired) electrons. The molecule has 0 bridgehead atoms. The predicted octanol–water partition coefficient (Wildman–Crippen LogP) is 3.60. The maximum atomic E-state index is 12.5. The fraction of sp³-hybridized carbons (Fsp3) is 0.176. The number of para-hydroxylation sites is 1. The summed E-state index contributed by atoms with van der Waals surface area (Å²) in [4.78, 5) is 29.0. The summed E-state index contributed by atoms with van der Waals surface area (Å²) in [5.41, 5.74) is 2.03. The number of aromatic amines is 1. The van der Waals surface area contributed by atoms with Crippen LogP contribution in [0.15, 0.2) is 41.8 Å². The lowest BCUT2D eigenvalue weighted by Crippen LogP contribution is -2.33. The average Bonchev–Trinajstić information content (AvgIpc) is 3.13. The molecule has 4 nitrogen and oxygen atoms in total. The van der Waals surface area contributed by atoms with E-state index >= 15 is 0 Å². The third kappa shape index (κ3) is 2.55. The van der Waals surface area contributed by atoms with Crippen LogP contribution in [0.3, 0.4) is 0 Å². The molecule has 112 valence electrons. The molecule has 0 fully saturated rings. The SMILES string of the molecule is Cc1[nH]c2ccccc2c1C(=O)C(=O)N[C@@H](C)c1cccs1.